The average Bonchev–Trinajstić information content (AvgIpc) is 3.34. The second-order valence-corrected chi connectivity index (χ2v) is 4.77. The van der Waals surface area contributed by atoms with Crippen molar-refractivity contribution < 1.29 is 9.53 Å². The predicted octanol–water partition coefficient (Wildman–Crippen LogP) is 1.13. The van der Waals surface area contributed by atoms with Gasteiger partial charge in [-0.1, -0.05) is 6.07 Å². The van der Waals surface area contributed by atoms with E-state index in [1.807, 2.05) is 12.1 Å². The van der Waals surface area contributed by atoms with Crippen molar-refractivity contribution in [3.8, 4) is 5.88 Å². The molecule has 2 N–H and O–H groups in total. The lowest BCUT2D eigenvalue weighted by molar-refractivity contribution is -0.121. The molecule has 3 rings (SSSR count). The van der Waals surface area contributed by atoms with Gasteiger partial charge in [-0.05, 0) is 24.0 Å². The highest BCUT2D eigenvalue weighted by Crippen LogP contribution is 2.47. The number of ether oxygens (including phenoxy) is 1. The van der Waals surface area contributed by atoms with Crippen LogP contribution in [0.3, 0.4) is 0 Å². The predicted molar refractivity (Wildman–Crippen MR) is 75.4 cm³/mol. The smallest absolute Gasteiger partial charge is 0.245 e. The molecule has 2 aromatic rings. The summed E-state index contributed by atoms with van der Waals surface area (Å²) in [5, 5.41) is 0. The highest BCUT2D eigenvalue weighted by atomic mass is 16.5. The summed E-state index contributed by atoms with van der Waals surface area (Å²) in [6, 6.07) is 5.50. The van der Waals surface area contributed by atoms with Crippen LogP contribution in [0.15, 0.2) is 36.8 Å². The summed E-state index contributed by atoms with van der Waals surface area (Å²) in [7, 11) is 1.52. The van der Waals surface area contributed by atoms with E-state index in [0.717, 1.165) is 12.0 Å². The van der Waals surface area contributed by atoms with Crippen molar-refractivity contribution in [2.24, 2.45) is 5.92 Å². The molecule has 0 spiro atoms. The van der Waals surface area contributed by atoms with E-state index in [-0.39, 0.29) is 17.7 Å². The topological polar surface area (TPSA) is 89.0 Å². The second-order valence-electron chi connectivity index (χ2n) is 4.77. The van der Waals surface area contributed by atoms with Crippen LogP contribution in [0.5, 0.6) is 5.88 Å². The fourth-order valence-corrected chi connectivity index (χ4v) is 2.17. The molecular formula is C14H15N5O2. The van der Waals surface area contributed by atoms with Gasteiger partial charge in [-0.3, -0.25) is 20.6 Å². The molecule has 0 aliphatic heterocycles. The van der Waals surface area contributed by atoms with Gasteiger partial charge in [-0.2, -0.15) is 4.98 Å². The summed E-state index contributed by atoms with van der Waals surface area (Å²) in [6.45, 7) is 0. The van der Waals surface area contributed by atoms with Gasteiger partial charge in [0.25, 0.3) is 0 Å². The molecule has 0 unspecified atom stereocenters. The Bertz CT molecular complexity index is 634. The van der Waals surface area contributed by atoms with Gasteiger partial charge >= 0.3 is 0 Å². The minimum atomic E-state index is -0.0738. The summed E-state index contributed by atoms with van der Waals surface area (Å²) in [6.07, 6.45) is 5.91. The number of nitrogens with zero attached hydrogens (tertiary/aromatic N) is 3. The molecular weight excluding hydrogens is 270 g/mol. The summed E-state index contributed by atoms with van der Waals surface area (Å²) in [5.41, 5.74) is 6.41. The van der Waals surface area contributed by atoms with Crippen molar-refractivity contribution in [3.63, 3.8) is 0 Å². The Labute approximate surface area is 121 Å². The fraction of sp³-hybridized carbons (Fsp3) is 0.286. The summed E-state index contributed by atoms with van der Waals surface area (Å²) in [4.78, 5) is 24.1. The molecule has 1 fully saturated rings. The van der Waals surface area contributed by atoms with E-state index in [1.54, 1.807) is 24.7 Å². The van der Waals surface area contributed by atoms with Crippen molar-refractivity contribution in [1.82, 2.24) is 20.4 Å². The molecule has 2 aromatic heterocycles. The highest BCUT2D eigenvalue weighted by molar-refractivity contribution is 5.83. The zero-order valence-corrected chi connectivity index (χ0v) is 11.5. The van der Waals surface area contributed by atoms with Gasteiger partial charge in [0, 0.05) is 30.6 Å². The third-order valence-corrected chi connectivity index (χ3v) is 3.38. The standard InChI is InChI=1S/C14H15N5O2/c1-21-12-4-6-16-14(17-12)19-18-13(20)11-7-10(11)9-3-2-5-15-8-9/h2-6,8,10-11H,7H2,1H3,(H,18,20)(H,16,17,19)/t10-,11-/m0/s1. The van der Waals surface area contributed by atoms with E-state index in [9.17, 15) is 4.79 Å². The van der Waals surface area contributed by atoms with Crippen LogP contribution in [0.2, 0.25) is 0 Å². The minimum Gasteiger partial charge on any atom is -0.481 e. The number of hydrogen-bond donors (Lipinski definition) is 2. The monoisotopic (exact) mass is 285 g/mol. The van der Waals surface area contributed by atoms with E-state index < -0.39 is 0 Å². The first-order valence-corrected chi connectivity index (χ1v) is 6.61. The summed E-state index contributed by atoms with van der Waals surface area (Å²) >= 11 is 0. The Hall–Kier alpha value is -2.70. The zero-order chi connectivity index (χ0) is 14.7. The highest BCUT2D eigenvalue weighted by Gasteiger charge is 2.44. The third-order valence-electron chi connectivity index (χ3n) is 3.38. The number of hydrazine groups is 1. The Morgan fingerprint density at radius 1 is 1.38 bits per heavy atom. The normalized spacial score (nSPS) is 19.7. The number of methoxy groups -OCH3 is 1. The van der Waals surface area contributed by atoms with E-state index in [4.69, 9.17) is 4.74 Å². The van der Waals surface area contributed by atoms with Crippen molar-refractivity contribution in [2.75, 3.05) is 12.5 Å². The van der Waals surface area contributed by atoms with E-state index in [2.05, 4.69) is 25.8 Å². The number of pyridine rings is 1. The van der Waals surface area contributed by atoms with Gasteiger partial charge in [0.15, 0.2) is 0 Å². The van der Waals surface area contributed by atoms with Crippen LogP contribution >= 0.6 is 0 Å². The summed E-state index contributed by atoms with van der Waals surface area (Å²) in [5.74, 6) is 0.858. The first-order chi connectivity index (χ1) is 10.3. The van der Waals surface area contributed by atoms with Gasteiger partial charge in [-0.25, -0.2) is 4.98 Å². The van der Waals surface area contributed by atoms with Crippen LogP contribution in [0.1, 0.15) is 17.9 Å². The number of anilines is 1. The number of rotatable bonds is 5. The molecule has 0 aromatic carbocycles. The van der Waals surface area contributed by atoms with Crippen LogP contribution in [-0.2, 0) is 4.79 Å². The Morgan fingerprint density at radius 3 is 3.05 bits per heavy atom. The molecule has 1 aliphatic carbocycles. The quantitative estimate of drug-likeness (QED) is 0.800. The minimum absolute atomic E-state index is 0.0349. The summed E-state index contributed by atoms with van der Waals surface area (Å²) < 4.78 is 4.99. The number of hydrogen-bond acceptors (Lipinski definition) is 6. The Balaban J connectivity index is 1.54. The fourth-order valence-electron chi connectivity index (χ4n) is 2.17. The lowest BCUT2D eigenvalue weighted by Crippen LogP contribution is -2.31. The van der Waals surface area contributed by atoms with Gasteiger partial charge < -0.3 is 4.74 Å². The molecule has 1 amide bonds. The van der Waals surface area contributed by atoms with Crippen molar-refractivity contribution >= 4 is 11.9 Å². The lowest BCUT2D eigenvalue weighted by atomic mass is 10.1. The molecule has 1 saturated carbocycles. The van der Waals surface area contributed by atoms with E-state index in [1.165, 1.54) is 7.11 Å². The zero-order valence-electron chi connectivity index (χ0n) is 11.5. The molecule has 2 atom stereocenters. The number of nitrogens with one attached hydrogen (secondary N) is 2. The molecule has 1 aliphatic rings. The Morgan fingerprint density at radius 2 is 2.29 bits per heavy atom. The van der Waals surface area contributed by atoms with Crippen molar-refractivity contribution in [1.29, 1.82) is 0 Å². The third kappa shape index (κ3) is 3.07. The first kappa shape index (κ1) is 13.3. The van der Waals surface area contributed by atoms with Crippen LogP contribution in [0, 0.1) is 5.92 Å². The number of amides is 1. The number of carbonyl (C=O) groups is 1. The number of carbonyl (C=O) groups excluding carboxylic acids is 1. The van der Waals surface area contributed by atoms with Crippen LogP contribution in [-0.4, -0.2) is 28.0 Å². The molecule has 108 valence electrons. The van der Waals surface area contributed by atoms with Crippen LogP contribution in [0.4, 0.5) is 5.95 Å². The molecule has 7 heteroatoms. The van der Waals surface area contributed by atoms with E-state index >= 15 is 0 Å². The van der Waals surface area contributed by atoms with Gasteiger partial charge in [-0.15, -0.1) is 0 Å². The average molecular weight is 285 g/mol. The second kappa shape index (κ2) is 5.74. The van der Waals surface area contributed by atoms with Crippen molar-refractivity contribution in [3.05, 3.63) is 42.4 Å². The van der Waals surface area contributed by atoms with Gasteiger partial charge in [0.2, 0.25) is 17.7 Å². The molecule has 7 nitrogen and oxygen atoms in total. The lowest BCUT2D eigenvalue weighted by Gasteiger charge is -2.07. The maximum Gasteiger partial charge on any atom is 0.245 e. The van der Waals surface area contributed by atoms with Crippen LogP contribution < -0.4 is 15.6 Å². The maximum absolute atomic E-state index is 12.0. The SMILES string of the molecule is COc1ccnc(NNC(=O)[C@H]2C[C@H]2c2cccnc2)n1. The van der Waals surface area contributed by atoms with Crippen LogP contribution in [0.25, 0.3) is 0 Å². The molecule has 0 saturated heterocycles. The molecule has 0 bridgehead atoms. The molecule has 0 radical (unpaired) electrons. The van der Waals surface area contributed by atoms with Gasteiger partial charge in [0.1, 0.15) is 0 Å². The van der Waals surface area contributed by atoms with E-state index in [0.29, 0.717) is 11.8 Å². The van der Waals surface area contributed by atoms with Gasteiger partial charge in [0.05, 0.1) is 7.11 Å². The number of aromatic nitrogens is 3. The van der Waals surface area contributed by atoms with Crippen molar-refractivity contribution in [2.45, 2.75) is 12.3 Å². The first-order valence-electron chi connectivity index (χ1n) is 6.61. The molecule has 21 heavy (non-hydrogen) atoms. The Kier molecular flexibility index (Phi) is 3.63. The maximum atomic E-state index is 12.0. The largest absolute Gasteiger partial charge is 0.481 e. The molecule has 2 heterocycles.